The Labute approximate surface area is 106 Å². The van der Waals surface area contributed by atoms with Crippen LogP contribution in [0.4, 0.5) is 5.69 Å². The Hall–Kier alpha value is -1.59. The summed E-state index contributed by atoms with van der Waals surface area (Å²) in [6.45, 7) is 0.514. The van der Waals surface area contributed by atoms with E-state index in [9.17, 15) is 4.79 Å². The molecule has 18 heavy (non-hydrogen) atoms. The average Bonchev–Trinajstić information content (AvgIpc) is 2.79. The van der Waals surface area contributed by atoms with Gasteiger partial charge in [-0.2, -0.15) is 0 Å². The Morgan fingerprint density at radius 3 is 3.06 bits per heavy atom. The van der Waals surface area contributed by atoms with Gasteiger partial charge in [-0.05, 0) is 11.6 Å². The highest BCUT2D eigenvalue weighted by Crippen LogP contribution is 2.32. The Kier molecular flexibility index (Phi) is 4.17. The molecule has 0 saturated carbocycles. The van der Waals surface area contributed by atoms with Crippen LogP contribution in [0, 0.1) is 0 Å². The molecule has 2 atom stereocenters. The Morgan fingerprint density at radius 1 is 1.50 bits per heavy atom. The number of para-hydroxylation sites is 1. The van der Waals surface area contributed by atoms with Gasteiger partial charge in [-0.1, -0.05) is 18.2 Å². The molecule has 0 aromatic heterocycles. The summed E-state index contributed by atoms with van der Waals surface area (Å²) in [5.74, 6) is 0.0680. The second-order valence-corrected chi connectivity index (χ2v) is 4.51. The van der Waals surface area contributed by atoms with E-state index >= 15 is 0 Å². The van der Waals surface area contributed by atoms with E-state index in [2.05, 4.69) is 10.6 Å². The number of aliphatic hydroxyl groups excluding tert-OH is 2. The first-order valence-corrected chi connectivity index (χ1v) is 6.09. The second kappa shape index (κ2) is 5.84. The van der Waals surface area contributed by atoms with Crippen LogP contribution in [-0.4, -0.2) is 41.9 Å². The van der Waals surface area contributed by atoms with E-state index in [0.29, 0.717) is 6.42 Å². The van der Waals surface area contributed by atoms with Gasteiger partial charge in [0, 0.05) is 31.1 Å². The second-order valence-electron chi connectivity index (χ2n) is 4.51. The van der Waals surface area contributed by atoms with E-state index < -0.39 is 6.10 Å². The Bertz CT molecular complexity index is 422. The van der Waals surface area contributed by atoms with E-state index in [1.54, 1.807) is 0 Å². The lowest BCUT2D eigenvalue weighted by molar-refractivity contribution is -0.122. The SMILES string of the molecule is O=C(CC1CNc2ccccc21)NCC(O)CO. The van der Waals surface area contributed by atoms with Gasteiger partial charge in [0.05, 0.1) is 12.7 Å². The summed E-state index contributed by atoms with van der Waals surface area (Å²) in [6, 6.07) is 7.96. The van der Waals surface area contributed by atoms with Crippen LogP contribution in [0.1, 0.15) is 17.9 Å². The van der Waals surface area contributed by atoms with Gasteiger partial charge in [-0.3, -0.25) is 4.79 Å². The van der Waals surface area contributed by atoms with Crippen LogP contribution in [0.3, 0.4) is 0 Å². The monoisotopic (exact) mass is 250 g/mol. The van der Waals surface area contributed by atoms with Gasteiger partial charge < -0.3 is 20.8 Å². The van der Waals surface area contributed by atoms with Gasteiger partial charge in [0.25, 0.3) is 0 Å². The number of rotatable bonds is 5. The molecule has 2 rings (SSSR count). The minimum atomic E-state index is -0.886. The quantitative estimate of drug-likeness (QED) is 0.595. The number of amides is 1. The molecule has 0 aliphatic carbocycles. The molecule has 0 saturated heterocycles. The number of carbonyl (C=O) groups is 1. The van der Waals surface area contributed by atoms with E-state index in [0.717, 1.165) is 17.8 Å². The number of nitrogens with one attached hydrogen (secondary N) is 2. The van der Waals surface area contributed by atoms with Crippen LogP contribution < -0.4 is 10.6 Å². The third-order valence-corrected chi connectivity index (χ3v) is 3.12. The highest BCUT2D eigenvalue weighted by Gasteiger charge is 2.23. The summed E-state index contributed by atoms with van der Waals surface area (Å²) >= 11 is 0. The van der Waals surface area contributed by atoms with Gasteiger partial charge in [-0.15, -0.1) is 0 Å². The van der Waals surface area contributed by atoms with Crippen molar-refractivity contribution in [2.24, 2.45) is 0 Å². The van der Waals surface area contributed by atoms with Crippen LogP contribution in [-0.2, 0) is 4.79 Å². The van der Waals surface area contributed by atoms with Crippen molar-refractivity contribution in [3.63, 3.8) is 0 Å². The smallest absolute Gasteiger partial charge is 0.220 e. The number of hydrogen-bond acceptors (Lipinski definition) is 4. The maximum Gasteiger partial charge on any atom is 0.220 e. The van der Waals surface area contributed by atoms with Crippen LogP contribution in [0.25, 0.3) is 0 Å². The number of aliphatic hydroxyl groups is 2. The summed E-state index contributed by atoms with van der Waals surface area (Å²) in [4.78, 5) is 11.7. The molecule has 5 heteroatoms. The van der Waals surface area contributed by atoms with E-state index in [1.807, 2.05) is 24.3 Å². The lowest BCUT2D eigenvalue weighted by Crippen LogP contribution is -2.34. The number of hydrogen-bond donors (Lipinski definition) is 4. The largest absolute Gasteiger partial charge is 0.394 e. The molecule has 5 nitrogen and oxygen atoms in total. The molecule has 1 aromatic rings. The topological polar surface area (TPSA) is 81.6 Å². The first-order valence-electron chi connectivity index (χ1n) is 6.09. The molecular weight excluding hydrogens is 232 g/mol. The van der Waals surface area contributed by atoms with Crippen molar-refractivity contribution in [3.8, 4) is 0 Å². The van der Waals surface area contributed by atoms with Gasteiger partial charge in [0.15, 0.2) is 0 Å². The molecule has 1 heterocycles. The summed E-state index contributed by atoms with van der Waals surface area (Å²) in [5, 5.41) is 23.7. The van der Waals surface area contributed by atoms with Crippen molar-refractivity contribution in [3.05, 3.63) is 29.8 Å². The maximum absolute atomic E-state index is 11.7. The zero-order valence-corrected chi connectivity index (χ0v) is 10.1. The fourth-order valence-corrected chi connectivity index (χ4v) is 2.13. The molecule has 0 fully saturated rings. The summed E-state index contributed by atoms with van der Waals surface area (Å²) in [7, 11) is 0. The van der Waals surface area contributed by atoms with Gasteiger partial charge in [0.1, 0.15) is 0 Å². The standard InChI is InChI=1S/C13H18N2O3/c16-8-10(17)7-15-13(18)5-9-6-14-12-4-2-1-3-11(9)12/h1-4,9-10,14,16-17H,5-8H2,(H,15,18). The van der Waals surface area contributed by atoms with Crippen molar-refractivity contribution in [2.45, 2.75) is 18.4 Å². The number of fused-ring (bicyclic) bond motifs is 1. The zero-order valence-electron chi connectivity index (χ0n) is 10.1. The first-order chi connectivity index (χ1) is 8.70. The number of anilines is 1. The average molecular weight is 250 g/mol. The van der Waals surface area contributed by atoms with Gasteiger partial charge in [-0.25, -0.2) is 0 Å². The van der Waals surface area contributed by atoms with Crippen molar-refractivity contribution in [1.29, 1.82) is 0 Å². The predicted molar refractivity (Wildman–Crippen MR) is 68.4 cm³/mol. The highest BCUT2D eigenvalue weighted by atomic mass is 16.3. The summed E-state index contributed by atoms with van der Waals surface area (Å²) in [6.07, 6.45) is -0.495. The van der Waals surface area contributed by atoms with E-state index in [4.69, 9.17) is 10.2 Å². The lowest BCUT2D eigenvalue weighted by Gasteiger charge is -2.12. The van der Waals surface area contributed by atoms with Crippen molar-refractivity contribution < 1.29 is 15.0 Å². The van der Waals surface area contributed by atoms with Crippen LogP contribution in [0.2, 0.25) is 0 Å². The third kappa shape index (κ3) is 3.00. The van der Waals surface area contributed by atoms with Crippen LogP contribution >= 0.6 is 0 Å². The molecule has 0 radical (unpaired) electrons. The summed E-state index contributed by atoms with van der Waals surface area (Å²) < 4.78 is 0. The van der Waals surface area contributed by atoms with E-state index in [-0.39, 0.29) is 25.0 Å². The Balaban J connectivity index is 1.86. The van der Waals surface area contributed by atoms with Crippen molar-refractivity contribution in [1.82, 2.24) is 5.32 Å². The number of benzene rings is 1. The molecule has 1 amide bonds. The third-order valence-electron chi connectivity index (χ3n) is 3.12. The van der Waals surface area contributed by atoms with Crippen LogP contribution in [0.15, 0.2) is 24.3 Å². The molecule has 1 aromatic carbocycles. The highest BCUT2D eigenvalue weighted by molar-refractivity contribution is 5.78. The molecule has 0 spiro atoms. The first kappa shape index (κ1) is 12.9. The molecule has 1 aliphatic rings. The lowest BCUT2D eigenvalue weighted by atomic mass is 9.97. The normalized spacial score (nSPS) is 18.9. The zero-order chi connectivity index (χ0) is 13.0. The maximum atomic E-state index is 11.7. The Morgan fingerprint density at radius 2 is 2.28 bits per heavy atom. The van der Waals surface area contributed by atoms with Gasteiger partial charge in [0.2, 0.25) is 5.91 Å². The minimum absolute atomic E-state index is 0.0944. The molecule has 0 bridgehead atoms. The van der Waals surface area contributed by atoms with Crippen molar-refractivity contribution in [2.75, 3.05) is 25.0 Å². The molecule has 98 valence electrons. The fourth-order valence-electron chi connectivity index (χ4n) is 2.13. The predicted octanol–water partition coefficient (Wildman–Crippen LogP) is 0.0552. The number of carbonyl (C=O) groups excluding carboxylic acids is 1. The van der Waals surface area contributed by atoms with Gasteiger partial charge >= 0.3 is 0 Å². The molecule has 4 N–H and O–H groups in total. The minimum Gasteiger partial charge on any atom is -0.394 e. The molecule has 1 aliphatic heterocycles. The van der Waals surface area contributed by atoms with E-state index in [1.165, 1.54) is 0 Å². The molecule has 2 unspecified atom stereocenters. The fraction of sp³-hybridized carbons (Fsp3) is 0.462. The van der Waals surface area contributed by atoms with Crippen LogP contribution in [0.5, 0.6) is 0 Å². The molecular formula is C13H18N2O3. The van der Waals surface area contributed by atoms with Crippen molar-refractivity contribution >= 4 is 11.6 Å². The summed E-state index contributed by atoms with van der Waals surface area (Å²) in [5.41, 5.74) is 2.25.